The third-order valence-corrected chi connectivity index (χ3v) is 4.21. The van der Waals surface area contributed by atoms with Gasteiger partial charge in [0.1, 0.15) is 0 Å². The van der Waals surface area contributed by atoms with E-state index in [0.29, 0.717) is 23.1 Å². The van der Waals surface area contributed by atoms with Crippen molar-refractivity contribution in [2.24, 2.45) is 0 Å². The molecule has 132 valence electrons. The van der Waals surface area contributed by atoms with Crippen LogP contribution >= 0.6 is 11.6 Å². The first-order valence-corrected chi connectivity index (χ1v) is 8.65. The Hall–Kier alpha value is -2.92. The topological polar surface area (TPSA) is 58.1 Å². The second-order valence-electron chi connectivity index (χ2n) is 5.80. The Kier molecular flexibility index (Phi) is 5.81. The predicted molar refractivity (Wildman–Crippen MR) is 104 cm³/mol. The van der Waals surface area contributed by atoms with Crippen LogP contribution in [-0.4, -0.2) is 29.5 Å². The third kappa shape index (κ3) is 4.58. The fourth-order valence-electron chi connectivity index (χ4n) is 2.45. The highest BCUT2D eigenvalue weighted by Crippen LogP contribution is 2.18. The van der Waals surface area contributed by atoms with E-state index in [9.17, 15) is 4.79 Å². The van der Waals surface area contributed by atoms with Gasteiger partial charge in [0.2, 0.25) is 5.95 Å². The zero-order valence-electron chi connectivity index (χ0n) is 14.4. The van der Waals surface area contributed by atoms with Crippen LogP contribution in [0, 0.1) is 0 Å². The van der Waals surface area contributed by atoms with Gasteiger partial charge in [0.05, 0.1) is 5.56 Å². The molecule has 6 heteroatoms. The van der Waals surface area contributed by atoms with Crippen molar-refractivity contribution in [1.82, 2.24) is 15.3 Å². The van der Waals surface area contributed by atoms with Crippen LogP contribution in [0.2, 0.25) is 5.02 Å². The molecule has 1 aromatic heterocycles. The third-order valence-electron chi connectivity index (χ3n) is 3.96. The zero-order chi connectivity index (χ0) is 18.4. The number of anilines is 2. The van der Waals surface area contributed by atoms with Crippen LogP contribution < -0.4 is 10.2 Å². The molecule has 0 saturated heterocycles. The quantitative estimate of drug-likeness (QED) is 0.719. The Labute approximate surface area is 157 Å². The second-order valence-corrected chi connectivity index (χ2v) is 6.24. The minimum atomic E-state index is -0.187. The van der Waals surface area contributed by atoms with Crippen molar-refractivity contribution >= 4 is 29.1 Å². The molecule has 0 radical (unpaired) electrons. The summed E-state index contributed by atoms with van der Waals surface area (Å²) in [7, 11) is 1.89. The minimum Gasteiger partial charge on any atom is -0.352 e. The zero-order valence-corrected chi connectivity index (χ0v) is 15.1. The molecule has 0 aliphatic carbocycles. The fourth-order valence-corrected chi connectivity index (χ4v) is 2.58. The Balaban J connectivity index is 1.56. The predicted octanol–water partition coefficient (Wildman–Crippen LogP) is 3.87. The molecule has 3 aromatic rings. The van der Waals surface area contributed by atoms with Gasteiger partial charge in [-0.1, -0.05) is 41.9 Å². The summed E-state index contributed by atoms with van der Waals surface area (Å²) in [6, 6.07) is 17.4. The molecular weight excluding hydrogens is 348 g/mol. The van der Waals surface area contributed by atoms with Gasteiger partial charge < -0.3 is 10.2 Å². The molecule has 1 heterocycles. The van der Waals surface area contributed by atoms with Crippen LogP contribution in [0.1, 0.15) is 15.9 Å². The lowest BCUT2D eigenvalue weighted by molar-refractivity contribution is 0.0953. The van der Waals surface area contributed by atoms with Crippen molar-refractivity contribution in [2.75, 3.05) is 18.5 Å². The van der Waals surface area contributed by atoms with Gasteiger partial charge in [0.25, 0.3) is 5.91 Å². The average molecular weight is 367 g/mol. The highest BCUT2D eigenvalue weighted by Gasteiger charge is 2.10. The smallest absolute Gasteiger partial charge is 0.254 e. The van der Waals surface area contributed by atoms with Crippen molar-refractivity contribution in [3.8, 4) is 0 Å². The summed E-state index contributed by atoms with van der Waals surface area (Å²) in [6.07, 6.45) is 3.82. The summed E-state index contributed by atoms with van der Waals surface area (Å²) >= 11 is 5.86. The largest absolute Gasteiger partial charge is 0.352 e. The SMILES string of the molecule is CN(c1ccccc1)c1ncc(C(=O)NCCc2ccc(Cl)cc2)cn1. The van der Waals surface area contributed by atoms with Crippen LogP contribution in [0.4, 0.5) is 11.6 Å². The van der Waals surface area contributed by atoms with E-state index in [1.807, 2.05) is 66.5 Å². The molecule has 0 unspecified atom stereocenters. The normalized spacial score (nSPS) is 10.4. The van der Waals surface area contributed by atoms with Gasteiger partial charge in [-0.2, -0.15) is 0 Å². The van der Waals surface area contributed by atoms with Crippen molar-refractivity contribution in [1.29, 1.82) is 0 Å². The van der Waals surface area contributed by atoms with Crippen LogP contribution in [-0.2, 0) is 6.42 Å². The molecule has 0 spiro atoms. The minimum absolute atomic E-state index is 0.187. The molecule has 2 aromatic carbocycles. The van der Waals surface area contributed by atoms with Crippen molar-refractivity contribution in [3.05, 3.63) is 83.1 Å². The van der Waals surface area contributed by atoms with E-state index in [0.717, 1.165) is 17.7 Å². The number of hydrogen-bond acceptors (Lipinski definition) is 4. The van der Waals surface area contributed by atoms with Crippen LogP contribution in [0.25, 0.3) is 0 Å². The first-order chi connectivity index (χ1) is 12.6. The Morgan fingerprint density at radius 1 is 1.04 bits per heavy atom. The summed E-state index contributed by atoms with van der Waals surface area (Å²) in [5.41, 5.74) is 2.53. The highest BCUT2D eigenvalue weighted by molar-refractivity contribution is 6.30. The number of benzene rings is 2. The van der Waals surface area contributed by atoms with E-state index >= 15 is 0 Å². The first kappa shape index (κ1) is 17.9. The Bertz CT molecular complexity index is 851. The van der Waals surface area contributed by atoms with Gasteiger partial charge in [0, 0.05) is 36.7 Å². The molecule has 0 aliphatic rings. The number of hydrogen-bond donors (Lipinski definition) is 1. The second kappa shape index (κ2) is 8.45. The lowest BCUT2D eigenvalue weighted by Crippen LogP contribution is -2.26. The number of nitrogens with zero attached hydrogens (tertiary/aromatic N) is 3. The number of rotatable bonds is 6. The number of carbonyl (C=O) groups is 1. The Morgan fingerprint density at radius 3 is 2.35 bits per heavy atom. The first-order valence-electron chi connectivity index (χ1n) is 8.27. The van der Waals surface area contributed by atoms with Crippen molar-refractivity contribution < 1.29 is 4.79 Å². The van der Waals surface area contributed by atoms with Gasteiger partial charge in [-0.3, -0.25) is 4.79 Å². The van der Waals surface area contributed by atoms with E-state index < -0.39 is 0 Å². The molecule has 0 atom stereocenters. The van der Waals surface area contributed by atoms with E-state index in [4.69, 9.17) is 11.6 Å². The van der Waals surface area contributed by atoms with Gasteiger partial charge in [-0.05, 0) is 36.2 Å². The van der Waals surface area contributed by atoms with E-state index in [-0.39, 0.29) is 5.91 Å². The fraction of sp³-hybridized carbons (Fsp3) is 0.150. The number of nitrogens with one attached hydrogen (secondary N) is 1. The van der Waals surface area contributed by atoms with Crippen LogP contribution in [0.15, 0.2) is 67.0 Å². The van der Waals surface area contributed by atoms with E-state index in [2.05, 4.69) is 15.3 Å². The number of carbonyl (C=O) groups excluding carboxylic acids is 1. The van der Waals surface area contributed by atoms with Gasteiger partial charge in [0.15, 0.2) is 0 Å². The molecule has 0 saturated carbocycles. The number of halogens is 1. The molecule has 1 amide bonds. The molecule has 26 heavy (non-hydrogen) atoms. The lowest BCUT2D eigenvalue weighted by Gasteiger charge is -2.16. The van der Waals surface area contributed by atoms with Crippen LogP contribution in [0.3, 0.4) is 0 Å². The maximum atomic E-state index is 12.2. The summed E-state index contributed by atoms with van der Waals surface area (Å²) in [5.74, 6) is 0.349. The van der Waals surface area contributed by atoms with Crippen molar-refractivity contribution in [2.45, 2.75) is 6.42 Å². The molecule has 0 aliphatic heterocycles. The summed E-state index contributed by atoms with van der Waals surface area (Å²) in [5, 5.41) is 3.58. The standard InChI is InChI=1S/C20H19ClN4O/c1-25(18-5-3-2-4-6-18)20-23-13-16(14-24-20)19(26)22-12-11-15-7-9-17(21)10-8-15/h2-10,13-14H,11-12H2,1H3,(H,22,26). The van der Waals surface area contributed by atoms with Gasteiger partial charge in [-0.15, -0.1) is 0 Å². The monoisotopic (exact) mass is 366 g/mol. The average Bonchev–Trinajstić information content (AvgIpc) is 2.69. The molecular formula is C20H19ClN4O. The molecule has 5 nitrogen and oxygen atoms in total. The van der Waals surface area contributed by atoms with Gasteiger partial charge in [-0.25, -0.2) is 9.97 Å². The summed E-state index contributed by atoms with van der Waals surface area (Å²) < 4.78 is 0. The molecule has 0 bridgehead atoms. The molecule has 1 N–H and O–H groups in total. The van der Waals surface area contributed by atoms with Gasteiger partial charge >= 0.3 is 0 Å². The number of amides is 1. The van der Waals surface area contributed by atoms with E-state index in [1.54, 1.807) is 12.4 Å². The molecule has 0 fully saturated rings. The van der Waals surface area contributed by atoms with Crippen molar-refractivity contribution in [3.63, 3.8) is 0 Å². The summed E-state index contributed by atoms with van der Waals surface area (Å²) in [4.78, 5) is 22.7. The lowest BCUT2D eigenvalue weighted by atomic mass is 10.1. The highest BCUT2D eigenvalue weighted by atomic mass is 35.5. The Morgan fingerprint density at radius 2 is 1.69 bits per heavy atom. The molecule has 3 rings (SSSR count). The van der Waals surface area contributed by atoms with E-state index in [1.165, 1.54) is 0 Å². The maximum absolute atomic E-state index is 12.2. The maximum Gasteiger partial charge on any atom is 0.254 e. The number of para-hydroxylation sites is 1. The number of aromatic nitrogens is 2. The van der Waals surface area contributed by atoms with Crippen LogP contribution in [0.5, 0.6) is 0 Å². The summed E-state index contributed by atoms with van der Waals surface area (Å²) in [6.45, 7) is 0.534.